The average Bonchev–Trinajstić information content (AvgIpc) is 3.12. The van der Waals surface area contributed by atoms with Crippen molar-refractivity contribution in [2.75, 3.05) is 5.32 Å². The molecule has 1 aromatic heterocycles. The molecule has 5 nitrogen and oxygen atoms in total. The summed E-state index contributed by atoms with van der Waals surface area (Å²) in [5.41, 5.74) is 1.48. The molecule has 0 fully saturated rings. The largest absolute Gasteiger partial charge is 0.507 e. The number of amides is 1. The fourth-order valence-electron chi connectivity index (χ4n) is 2.05. The molecule has 1 amide bonds. The van der Waals surface area contributed by atoms with Gasteiger partial charge in [-0.1, -0.05) is 23.2 Å². The number of rotatable bonds is 4. The number of aromatic hydroxyl groups is 1. The Bertz CT molecular complexity index is 937. The van der Waals surface area contributed by atoms with Crippen LogP contribution in [-0.2, 0) is 0 Å². The van der Waals surface area contributed by atoms with Gasteiger partial charge >= 0.3 is 0 Å². The van der Waals surface area contributed by atoms with Gasteiger partial charge in [0.2, 0.25) is 0 Å². The highest BCUT2D eigenvalue weighted by Crippen LogP contribution is 2.28. The predicted molar refractivity (Wildman–Crippen MR) is 98.5 cm³/mol. The molecule has 0 saturated heterocycles. The molecule has 25 heavy (non-hydrogen) atoms. The summed E-state index contributed by atoms with van der Waals surface area (Å²) in [6.45, 7) is 0. The van der Waals surface area contributed by atoms with Crippen LogP contribution in [0.5, 0.6) is 5.75 Å². The lowest BCUT2D eigenvalue weighted by Gasteiger charge is -2.06. The Hall–Kier alpha value is -2.76. The van der Waals surface area contributed by atoms with Crippen molar-refractivity contribution in [3.8, 4) is 5.75 Å². The fraction of sp³-hybridized carbons (Fsp3) is 0. The Morgan fingerprint density at radius 3 is 2.72 bits per heavy atom. The van der Waals surface area contributed by atoms with Crippen LogP contribution in [0.4, 0.5) is 11.4 Å². The maximum Gasteiger partial charge on any atom is 0.291 e. The smallest absolute Gasteiger partial charge is 0.291 e. The summed E-state index contributed by atoms with van der Waals surface area (Å²) < 4.78 is 5.03. The molecule has 0 atom stereocenters. The number of anilines is 1. The van der Waals surface area contributed by atoms with Gasteiger partial charge in [0.15, 0.2) is 5.76 Å². The molecular formula is C18H12Cl2N2O3. The van der Waals surface area contributed by atoms with E-state index in [0.29, 0.717) is 27.0 Å². The molecule has 2 N–H and O–H groups in total. The second-order valence-electron chi connectivity index (χ2n) is 5.06. The van der Waals surface area contributed by atoms with Crippen molar-refractivity contribution in [1.82, 2.24) is 0 Å². The van der Waals surface area contributed by atoms with Crippen LogP contribution in [0.3, 0.4) is 0 Å². The summed E-state index contributed by atoms with van der Waals surface area (Å²) in [7, 11) is 0. The Labute approximate surface area is 153 Å². The Kier molecular flexibility index (Phi) is 5.07. The number of aliphatic imine (C=N–C) groups is 1. The molecule has 0 aliphatic rings. The van der Waals surface area contributed by atoms with Gasteiger partial charge in [-0.05, 0) is 48.5 Å². The number of carbonyl (C=O) groups is 1. The molecule has 0 saturated carbocycles. The summed E-state index contributed by atoms with van der Waals surface area (Å²) in [6, 6.07) is 12.8. The second kappa shape index (κ2) is 7.42. The minimum atomic E-state index is -0.396. The van der Waals surface area contributed by atoms with Crippen LogP contribution in [0.25, 0.3) is 0 Å². The molecule has 0 spiro atoms. The van der Waals surface area contributed by atoms with Crippen LogP contribution < -0.4 is 5.32 Å². The van der Waals surface area contributed by atoms with E-state index in [0.717, 1.165) is 0 Å². The first-order chi connectivity index (χ1) is 12.0. The van der Waals surface area contributed by atoms with E-state index in [-0.39, 0.29) is 11.5 Å². The number of phenols is 1. The van der Waals surface area contributed by atoms with E-state index < -0.39 is 5.91 Å². The highest BCUT2D eigenvalue weighted by molar-refractivity contribution is 6.34. The minimum absolute atomic E-state index is 0.0709. The van der Waals surface area contributed by atoms with Crippen molar-refractivity contribution in [3.05, 3.63) is 76.2 Å². The quantitative estimate of drug-likeness (QED) is 0.608. The number of halogens is 2. The minimum Gasteiger partial charge on any atom is -0.507 e. The number of hydrogen-bond acceptors (Lipinski definition) is 4. The van der Waals surface area contributed by atoms with Crippen molar-refractivity contribution in [3.63, 3.8) is 0 Å². The first-order valence-corrected chi connectivity index (χ1v) is 7.95. The first kappa shape index (κ1) is 17.1. The monoisotopic (exact) mass is 374 g/mol. The van der Waals surface area contributed by atoms with Gasteiger partial charge in [0.25, 0.3) is 5.91 Å². The predicted octanol–water partition coefficient (Wildman–Crippen LogP) is 5.29. The maximum atomic E-state index is 12.0. The van der Waals surface area contributed by atoms with Gasteiger partial charge in [-0.2, -0.15) is 0 Å². The van der Waals surface area contributed by atoms with Gasteiger partial charge in [-0.3, -0.25) is 9.79 Å². The van der Waals surface area contributed by atoms with Crippen molar-refractivity contribution in [2.45, 2.75) is 0 Å². The lowest BCUT2D eigenvalue weighted by atomic mass is 10.2. The van der Waals surface area contributed by atoms with Gasteiger partial charge in [0.05, 0.1) is 22.7 Å². The number of nitrogens with one attached hydrogen (secondary N) is 1. The zero-order chi connectivity index (χ0) is 17.8. The lowest BCUT2D eigenvalue weighted by Crippen LogP contribution is -2.10. The van der Waals surface area contributed by atoms with Crippen molar-refractivity contribution < 1.29 is 14.3 Å². The number of nitrogens with zero attached hydrogens (tertiary/aromatic N) is 1. The average molecular weight is 375 g/mol. The van der Waals surface area contributed by atoms with E-state index in [1.165, 1.54) is 18.5 Å². The Morgan fingerprint density at radius 2 is 2.00 bits per heavy atom. The lowest BCUT2D eigenvalue weighted by molar-refractivity contribution is 0.0996. The number of phenolic OH excluding ortho intramolecular Hbond substituents is 1. The maximum absolute atomic E-state index is 12.0. The van der Waals surface area contributed by atoms with Gasteiger partial charge in [0.1, 0.15) is 5.75 Å². The summed E-state index contributed by atoms with van der Waals surface area (Å²) in [6.07, 6.45) is 2.90. The molecule has 2 aromatic carbocycles. The van der Waals surface area contributed by atoms with Crippen LogP contribution in [0, 0.1) is 0 Å². The van der Waals surface area contributed by atoms with Crippen LogP contribution in [0.1, 0.15) is 16.1 Å². The molecule has 1 heterocycles. The van der Waals surface area contributed by atoms with Gasteiger partial charge in [-0.15, -0.1) is 0 Å². The molecule has 0 radical (unpaired) electrons. The van der Waals surface area contributed by atoms with E-state index >= 15 is 0 Å². The molecule has 3 aromatic rings. The van der Waals surface area contributed by atoms with Gasteiger partial charge in [-0.25, -0.2) is 0 Å². The standard InChI is InChI=1S/C18H12Cl2N2O3/c19-12-3-6-16(23)11(8-12)10-21-13-4-5-15(14(20)9-13)22-18(24)17-2-1-7-25-17/h1-10,23H,(H,22,24). The van der Waals surface area contributed by atoms with E-state index in [1.807, 2.05) is 0 Å². The number of carbonyl (C=O) groups excluding carboxylic acids is 1. The number of hydrogen-bond donors (Lipinski definition) is 2. The summed E-state index contributed by atoms with van der Waals surface area (Å²) in [4.78, 5) is 16.2. The zero-order valence-corrected chi connectivity index (χ0v) is 14.3. The summed E-state index contributed by atoms with van der Waals surface area (Å²) in [5.74, 6) is -0.136. The SMILES string of the molecule is O=C(Nc1ccc(N=Cc2cc(Cl)ccc2O)cc1Cl)c1ccco1. The van der Waals surface area contributed by atoms with Crippen molar-refractivity contribution in [2.24, 2.45) is 4.99 Å². The highest BCUT2D eigenvalue weighted by atomic mass is 35.5. The summed E-state index contributed by atoms with van der Waals surface area (Å²) in [5, 5.41) is 13.2. The second-order valence-corrected chi connectivity index (χ2v) is 5.90. The number of benzene rings is 2. The molecule has 126 valence electrons. The van der Waals surface area contributed by atoms with Crippen LogP contribution in [0.15, 0.2) is 64.2 Å². The molecule has 0 aliphatic carbocycles. The first-order valence-electron chi connectivity index (χ1n) is 7.20. The third-order valence-corrected chi connectivity index (χ3v) is 3.84. The number of furan rings is 1. The van der Waals surface area contributed by atoms with Gasteiger partial charge < -0.3 is 14.8 Å². The van der Waals surface area contributed by atoms with Crippen LogP contribution in [-0.4, -0.2) is 17.2 Å². The normalized spacial score (nSPS) is 11.0. The molecule has 3 rings (SSSR count). The zero-order valence-electron chi connectivity index (χ0n) is 12.7. The van der Waals surface area contributed by atoms with E-state index in [1.54, 1.807) is 42.5 Å². The highest BCUT2D eigenvalue weighted by Gasteiger charge is 2.11. The molecule has 0 bridgehead atoms. The van der Waals surface area contributed by atoms with Crippen LogP contribution >= 0.6 is 23.2 Å². The van der Waals surface area contributed by atoms with E-state index in [9.17, 15) is 9.90 Å². The topological polar surface area (TPSA) is 74.8 Å². The molecular weight excluding hydrogens is 363 g/mol. The Balaban J connectivity index is 1.76. The molecule has 7 heteroatoms. The summed E-state index contributed by atoms with van der Waals surface area (Å²) >= 11 is 12.1. The fourth-order valence-corrected chi connectivity index (χ4v) is 2.45. The molecule has 0 unspecified atom stereocenters. The van der Waals surface area contributed by atoms with E-state index in [2.05, 4.69) is 10.3 Å². The third kappa shape index (κ3) is 4.21. The van der Waals surface area contributed by atoms with E-state index in [4.69, 9.17) is 27.6 Å². The third-order valence-electron chi connectivity index (χ3n) is 3.29. The van der Waals surface area contributed by atoms with Crippen molar-refractivity contribution in [1.29, 1.82) is 0 Å². The van der Waals surface area contributed by atoms with Crippen LogP contribution in [0.2, 0.25) is 10.0 Å². The Morgan fingerprint density at radius 1 is 1.16 bits per heavy atom. The van der Waals surface area contributed by atoms with Crippen molar-refractivity contribution >= 4 is 46.7 Å². The molecule has 0 aliphatic heterocycles. The van der Waals surface area contributed by atoms with Gasteiger partial charge in [0, 0.05) is 16.8 Å².